The van der Waals surface area contributed by atoms with Gasteiger partial charge in [0.15, 0.2) is 0 Å². The van der Waals surface area contributed by atoms with E-state index in [1.165, 1.54) is 31.4 Å². The number of rotatable bonds is 3. The minimum Gasteiger partial charge on any atom is -0.384 e. The van der Waals surface area contributed by atoms with Crippen LogP contribution in [0, 0.1) is 5.92 Å². The second-order valence-corrected chi connectivity index (χ2v) is 6.42. The zero-order valence-corrected chi connectivity index (χ0v) is 13.2. The second kappa shape index (κ2) is 6.10. The van der Waals surface area contributed by atoms with Crippen molar-refractivity contribution in [2.24, 2.45) is 5.92 Å². The fourth-order valence-electron chi connectivity index (χ4n) is 3.46. The Morgan fingerprint density at radius 3 is 2.67 bits per heavy atom. The molecular weight excluding hydrogens is 262 g/mol. The molecule has 0 radical (unpaired) electrons. The van der Waals surface area contributed by atoms with Crippen LogP contribution < -0.4 is 20.9 Å². The van der Waals surface area contributed by atoms with E-state index in [9.17, 15) is 0 Å². The summed E-state index contributed by atoms with van der Waals surface area (Å²) in [6.07, 6.45) is 5.32. The zero-order valence-electron chi connectivity index (χ0n) is 13.2. The van der Waals surface area contributed by atoms with Gasteiger partial charge in [0.1, 0.15) is 11.6 Å². The summed E-state index contributed by atoms with van der Waals surface area (Å²) in [4.78, 5) is 9.35. The Hall–Kier alpha value is -1.49. The van der Waals surface area contributed by atoms with E-state index < -0.39 is 0 Å². The van der Waals surface area contributed by atoms with Crippen LogP contribution in [0.15, 0.2) is 12.1 Å². The fourth-order valence-corrected chi connectivity index (χ4v) is 3.46. The molecule has 116 valence electrons. The predicted molar refractivity (Wildman–Crippen MR) is 88.7 cm³/mol. The first kappa shape index (κ1) is 14.4. The van der Waals surface area contributed by atoms with Crippen LogP contribution >= 0.6 is 0 Å². The third kappa shape index (κ3) is 3.07. The van der Waals surface area contributed by atoms with Crippen molar-refractivity contribution in [3.05, 3.63) is 12.1 Å². The monoisotopic (exact) mass is 289 g/mol. The summed E-state index contributed by atoms with van der Waals surface area (Å²) in [6, 6.07) is 4.22. The molecule has 1 aromatic rings. The van der Waals surface area contributed by atoms with Crippen LogP contribution in [0.25, 0.3) is 0 Å². The summed E-state index contributed by atoms with van der Waals surface area (Å²) >= 11 is 0. The second-order valence-electron chi connectivity index (χ2n) is 6.42. The van der Waals surface area contributed by atoms with Gasteiger partial charge in [0.25, 0.3) is 0 Å². The molecular formula is C16H27N5. The highest BCUT2D eigenvalue weighted by Crippen LogP contribution is 2.30. The lowest BCUT2D eigenvalue weighted by Gasteiger charge is -2.33. The van der Waals surface area contributed by atoms with Crippen LogP contribution in [0.2, 0.25) is 0 Å². The topological polar surface area (TPSA) is 57.4 Å². The smallest absolute Gasteiger partial charge is 0.133 e. The molecule has 3 rings (SSSR count). The van der Waals surface area contributed by atoms with E-state index >= 15 is 0 Å². The molecule has 5 nitrogen and oxygen atoms in total. The normalized spacial score (nSPS) is 23.8. The average Bonchev–Trinajstić information content (AvgIpc) is 2.96. The largest absolute Gasteiger partial charge is 0.384 e. The zero-order chi connectivity index (χ0) is 14.8. The molecule has 0 amide bonds. The van der Waals surface area contributed by atoms with Gasteiger partial charge in [0.2, 0.25) is 0 Å². The Morgan fingerprint density at radius 2 is 1.95 bits per heavy atom. The molecule has 2 aliphatic rings. The lowest BCUT2D eigenvalue weighted by Crippen LogP contribution is -2.39. The Morgan fingerprint density at radius 1 is 1.19 bits per heavy atom. The molecule has 21 heavy (non-hydrogen) atoms. The lowest BCUT2D eigenvalue weighted by molar-refractivity contribution is 0.436. The van der Waals surface area contributed by atoms with Gasteiger partial charge in [-0.2, -0.15) is 0 Å². The lowest BCUT2D eigenvalue weighted by atomic mass is 9.99. The molecule has 5 heteroatoms. The van der Waals surface area contributed by atoms with E-state index in [1.54, 1.807) is 0 Å². The van der Waals surface area contributed by atoms with E-state index in [1.807, 2.05) is 13.1 Å². The highest BCUT2D eigenvalue weighted by Gasteiger charge is 2.25. The molecule has 3 N–H and O–H groups in total. The van der Waals surface area contributed by atoms with Gasteiger partial charge in [-0.1, -0.05) is 6.92 Å². The van der Waals surface area contributed by atoms with Gasteiger partial charge in [-0.25, -0.2) is 4.98 Å². The number of nitrogens with two attached hydrogens (primary N) is 1. The Labute approximate surface area is 127 Å². The maximum absolute atomic E-state index is 6.06. The van der Waals surface area contributed by atoms with Crippen LogP contribution in [0.1, 0.15) is 32.6 Å². The van der Waals surface area contributed by atoms with Crippen LogP contribution in [-0.4, -0.2) is 37.8 Å². The third-order valence-corrected chi connectivity index (χ3v) is 4.84. The van der Waals surface area contributed by atoms with Crippen LogP contribution in [0.3, 0.4) is 0 Å². The molecule has 1 aromatic heterocycles. The van der Waals surface area contributed by atoms with Gasteiger partial charge in [0, 0.05) is 37.5 Å². The Bertz CT molecular complexity index is 482. The van der Waals surface area contributed by atoms with E-state index in [4.69, 9.17) is 5.73 Å². The van der Waals surface area contributed by atoms with Gasteiger partial charge in [0.05, 0.1) is 6.17 Å². The summed E-state index contributed by atoms with van der Waals surface area (Å²) in [5, 5.41) is 3.39. The first-order chi connectivity index (χ1) is 10.2. The van der Waals surface area contributed by atoms with Gasteiger partial charge in [-0.15, -0.1) is 0 Å². The number of nitrogens with one attached hydrogen (secondary N) is 1. The van der Waals surface area contributed by atoms with Crippen molar-refractivity contribution in [1.82, 2.24) is 10.3 Å². The van der Waals surface area contributed by atoms with Crippen LogP contribution in [-0.2, 0) is 0 Å². The van der Waals surface area contributed by atoms with Crippen LogP contribution in [0.5, 0.6) is 0 Å². The summed E-state index contributed by atoms with van der Waals surface area (Å²) in [7, 11) is 2.03. The standard InChI is InChI=1S/C16H27N5/c1-12-5-8-20(9-6-12)16-11-13(10-14(17)19-16)21-7-3-4-15(21)18-2/h10-12,15,18H,3-9H2,1-2H3,(H2,17,19). The highest BCUT2D eigenvalue weighted by atomic mass is 15.3. The van der Waals surface area contributed by atoms with Gasteiger partial charge >= 0.3 is 0 Å². The first-order valence-corrected chi connectivity index (χ1v) is 8.14. The predicted octanol–water partition coefficient (Wildman–Crippen LogP) is 2.05. The van der Waals surface area contributed by atoms with Gasteiger partial charge in [-0.3, -0.25) is 0 Å². The van der Waals surface area contributed by atoms with E-state index in [0.29, 0.717) is 12.0 Å². The molecule has 2 aliphatic heterocycles. The molecule has 1 atom stereocenters. The fraction of sp³-hybridized carbons (Fsp3) is 0.688. The van der Waals surface area contributed by atoms with Crippen molar-refractivity contribution in [1.29, 1.82) is 0 Å². The molecule has 3 heterocycles. The number of pyridine rings is 1. The molecule has 2 fully saturated rings. The molecule has 0 aliphatic carbocycles. The Balaban J connectivity index is 1.82. The van der Waals surface area contributed by atoms with Crippen LogP contribution in [0.4, 0.5) is 17.3 Å². The van der Waals surface area contributed by atoms with Crippen molar-refractivity contribution in [2.75, 3.05) is 42.2 Å². The summed E-state index contributed by atoms with van der Waals surface area (Å²) in [6.45, 7) is 5.60. The Kier molecular flexibility index (Phi) is 4.19. The minimum atomic E-state index is 0.418. The first-order valence-electron chi connectivity index (χ1n) is 8.14. The number of anilines is 3. The summed E-state index contributed by atoms with van der Waals surface area (Å²) in [5.74, 6) is 2.50. The number of nitrogen functional groups attached to an aromatic ring is 1. The highest BCUT2D eigenvalue weighted by molar-refractivity contribution is 5.62. The quantitative estimate of drug-likeness (QED) is 0.892. The SMILES string of the molecule is CNC1CCCN1c1cc(N)nc(N2CCC(C)CC2)c1. The van der Waals surface area contributed by atoms with E-state index in [2.05, 4.69) is 33.1 Å². The molecule has 0 bridgehead atoms. The number of hydrogen-bond acceptors (Lipinski definition) is 5. The number of hydrogen-bond donors (Lipinski definition) is 2. The van der Waals surface area contributed by atoms with Gasteiger partial charge < -0.3 is 20.9 Å². The van der Waals surface area contributed by atoms with Crippen molar-refractivity contribution < 1.29 is 0 Å². The number of aromatic nitrogens is 1. The van der Waals surface area contributed by atoms with Crippen molar-refractivity contribution in [2.45, 2.75) is 38.8 Å². The summed E-state index contributed by atoms with van der Waals surface area (Å²) in [5.41, 5.74) is 7.26. The summed E-state index contributed by atoms with van der Waals surface area (Å²) < 4.78 is 0. The maximum Gasteiger partial charge on any atom is 0.133 e. The molecule has 0 spiro atoms. The molecule has 0 saturated carbocycles. The van der Waals surface area contributed by atoms with Crippen molar-refractivity contribution in [3.8, 4) is 0 Å². The maximum atomic E-state index is 6.06. The third-order valence-electron chi connectivity index (χ3n) is 4.84. The molecule has 2 saturated heterocycles. The number of piperidine rings is 1. The number of nitrogens with zero attached hydrogens (tertiary/aromatic N) is 3. The van der Waals surface area contributed by atoms with Crippen molar-refractivity contribution in [3.63, 3.8) is 0 Å². The minimum absolute atomic E-state index is 0.418. The average molecular weight is 289 g/mol. The van der Waals surface area contributed by atoms with Gasteiger partial charge in [-0.05, 0) is 38.6 Å². The van der Waals surface area contributed by atoms with Crippen molar-refractivity contribution >= 4 is 17.3 Å². The molecule has 0 aromatic carbocycles. The molecule has 1 unspecified atom stereocenters. The van der Waals surface area contributed by atoms with E-state index in [0.717, 1.165) is 31.4 Å². The van der Waals surface area contributed by atoms with E-state index in [-0.39, 0.29) is 0 Å².